The van der Waals surface area contributed by atoms with Crippen molar-refractivity contribution in [3.05, 3.63) is 0 Å². The molecule has 0 aliphatic carbocycles. The van der Waals surface area contributed by atoms with Gasteiger partial charge in [-0.2, -0.15) is 0 Å². The van der Waals surface area contributed by atoms with Crippen LogP contribution in [0.2, 0.25) is 0 Å². The molecule has 0 aromatic carbocycles. The molecular weight excluding hydrogens is 140 g/mol. The van der Waals surface area contributed by atoms with Crippen molar-refractivity contribution in [3.63, 3.8) is 0 Å². The lowest BCUT2D eigenvalue weighted by molar-refractivity contribution is 0.137. The zero-order chi connectivity index (χ0) is 8.43. The van der Waals surface area contributed by atoms with E-state index in [1.54, 1.807) is 0 Å². The normalized spacial score (nSPS) is 34.9. The van der Waals surface area contributed by atoms with Gasteiger partial charge in [-0.25, -0.2) is 0 Å². The van der Waals surface area contributed by atoms with Crippen molar-refractivity contribution in [2.24, 2.45) is 11.5 Å². The molecule has 1 saturated heterocycles. The molecule has 0 radical (unpaired) electrons. The summed E-state index contributed by atoms with van der Waals surface area (Å²) in [7, 11) is 0. The standard InChI is InChI=1S/C7H18N4/c1-3-10-5-6(8)11(4-2)7(10)9/h6-7H,3-5,8-9H2,1-2H3. The van der Waals surface area contributed by atoms with E-state index in [0.717, 1.165) is 19.6 Å². The lowest BCUT2D eigenvalue weighted by atomic mass is 10.5. The molecule has 0 aromatic rings. The van der Waals surface area contributed by atoms with E-state index in [9.17, 15) is 0 Å². The highest BCUT2D eigenvalue weighted by molar-refractivity contribution is 4.81. The van der Waals surface area contributed by atoms with Gasteiger partial charge in [-0.15, -0.1) is 0 Å². The van der Waals surface area contributed by atoms with Crippen LogP contribution in [0.5, 0.6) is 0 Å². The number of nitrogens with zero attached hydrogens (tertiary/aromatic N) is 2. The fourth-order valence-electron chi connectivity index (χ4n) is 1.60. The predicted octanol–water partition coefficient (Wildman–Crippen LogP) is -0.829. The third-order valence-corrected chi connectivity index (χ3v) is 2.33. The lowest BCUT2D eigenvalue weighted by Crippen LogP contribution is -2.48. The summed E-state index contributed by atoms with van der Waals surface area (Å²) in [4.78, 5) is 4.28. The van der Waals surface area contributed by atoms with Gasteiger partial charge in [0.1, 0.15) is 6.29 Å². The van der Waals surface area contributed by atoms with Crippen LogP contribution in [0.1, 0.15) is 13.8 Å². The van der Waals surface area contributed by atoms with Crippen LogP contribution < -0.4 is 11.5 Å². The molecule has 1 rings (SSSR count). The summed E-state index contributed by atoms with van der Waals surface area (Å²) in [6.45, 7) is 6.99. The maximum absolute atomic E-state index is 5.91. The van der Waals surface area contributed by atoms with Crippen LogP contribution >= 0.6 is 0 Å². The van der Waals surface area contributed by atoms with E-state index in [-0.39, 0.29) is 12.5 Å². The number of rotatable bonds is 2. The molecule has 1 aliphatic heterocycles. The van der Waals surface area contributed by atoms with Gasteiger partial charge < -0.3 is 11.5 Å². The van der Waals surface area contributed by atoms with Gasteiger partial charge >= 0.3 is 0 Å². The third-order valence-electron chi connectivity index (χ3n) is 2.33. The van der Waals surface area contributed by atoms with Crippen LogP contribution in [0, 0.1) is 0 Å². The zero-order valence-corrected chi connectivity index (χ0v) is 7.33. The van der Waals surface area contributed by atoms with Gasteiger partial charge in [0, 0.05) is 6.54 Å². The SMILES string of the molecule is CCN1CC(N)N(CC)C1N. The van der Waals surface area contributed by atoms with Gasteiger partial charge in [-0.1, -0.05) is 13.8 Å². The van der Waals surface area contributed by atoms with Crippen molar-refractivity contribution in [1.29, 1.82) is 0 Å². The van der Waals surface area contributed by atoms with Crippen LogP contribution in [-0.2, 0) is 0 Å². The lowest BCUT2D eigenvalue weighted by Gasteiger charge is -2.25. The molecule has 2 unspecified atom stereocenters. The second-order valence-electron chi connectivity index (χ2n) is 2.90. The average molecular weight is 158 g/mol. The van der Waals surface area contributed by atoms with Crippen LogP contribution in [-0.4, -0.2) is 41.9 Å². The van der Waals surface area contributed by atoms with E-state index in [1.165, 1.54) is 0 Å². The Labute approximate surface area is 68.1 Å². The number of likely N-dealkylation sites (N-methyl/N-ethyl adjacent to an activating group) is 2. The van der Waals surface area contributed by atoms with E-state index in [2.05, 4.69) is 23.6 Å². The summed E-state index contributed by atoms with van der Waals surface area (Å²) in [5, 5.41) is 0. The monoisotopic (exact) mass is 158 g/mol. The molecule has 0 amide bonds. The molecule has 0 saturated carbocycles. The minimum atomic E-state index is 0.0278. The summed E-state index contributed by atoms with van der Waals surface area (Å²) in [5.74, 6) is 0. The molecule has 4 nitrogen and oxygen atoms in total. The van der Waals surface area contributed by atoms with Crippen molar-refractivity contribution in [2.45, 2.75) is 26.3 Å². The zero-order valence-electron chi connectivity index (χ0n) is 7.33. The maximum atomic E-state index is 5.91. The summed E-state index contributed by atoms with van der Waals surface area (Å²) >= 11 is 0. The van der Waals surface area contributed by atoms with Gasteiger partial charge in [-0.3, -0.25) is 9.80 Å². The highest BCUT2D eigenvalue weighted by atomic mass is 15.5. The Morgan fingerprint density at radius 2 is 1.91 bits per heavy atom. The molecule has 2 atom stereocenters. The molecular formula is C7H18N4. The first kappa shape index (κ1) is 8.93. The van der Waals surface area contributed by atoms with Gasteiger partial charge in [0.25, 0.3) is 0 Å². The highest BCUT2D eigenvalue weighted by Crippen LogP contribution is 2.12. The Morgan fingerprint density at radius 1 is 1.27 bits per heavy atom. The Kier molecular flexibility index (Phi) is 2.84. The summed E-state index contributed by atoms with van der Waals surface area (Å²) in [5.41, 5.74) is 11.8. The molecule has 1 heterocycles. The van der Waals surface area contributed by atoms with Crippen molar-refractivity contribution in [3.8, 4) is 0 Å². The molecule has 1 fully saturated rings. The Hall–Kier alpha value is -0.160. The third kappa shape index (κ3) is 1.54. The molecule has 0 bridgehead atoms. The van der Waals surface area contributed by atoms with Crippen molar-refractivity contribution in [1.82, 2.24) is 9.80 Å². The smallest absolute Gasteiger partial charge is 0.115 e. The van der Waals surface area contributed by atoms with Crippen molar-refractivity contribution in [2.75, 3.05) is 19.6 Å². The van der Waals surface area contributed by atoms with Crippen LogP contribution in [0.25, 0.3) is 0 Å². The average Bonchev–Trinajstić information content (AvgIpc) is 2.26. The van der Waals surface area contributed by atoms with Crippen molar-refractivity contribution >= 4 is 0 Å². The summed E-state index contributed by atoms with van der Waals surface area (Å²) in [6.07, 6.45) is 0.148. The number of nitrogens with two attached hydrogens (primary N) is 2. The summed E-state index contributed by atoms with van der Waals surface area (Å²) < 4.78 is 0. The molecule has 4 heteroatoms. The molecule has 0 spiro atoms. The number of hydrogen-bond donors (Lipinski definition) is 2. The molecule has 1 aliphatic rings. The quantitative estimate of drug-likeness (QED) is 0.551. The van der Waals surface area contributed by atoms with Crippen LogP contribution in [0.3, 0.4) is 0 Å². The second-order valence-corrected chi connectivity index (χ2v) is 2.90. The van der Waals surface area contributed by atoms with Gasteiger partial charge in [0.05, 0.1) is 6.17 Å². The van der Waals surface area contributed by atoms with E-state index >= 15 is 0 Å². The minimum absolute atomic E-state index is 0.0278. The van der Waals surface area contributed by atoms with E-state index < -0.39 is 0 Å². The van der Waals surface area contributed by atoms with Crippen molar-refractivity contribution < 1.29 is 0 Å². The first-order valence-electron chi connectivity index (χ1n) is 4.21. The number of hydrogen-bond acceptors (Lipinski definition) is 4. The summed E-state index contributed by atoms with van der Waals surface area (Å²) in [6, 6.07) is 0. The Bertz CT molecular complexity index is 128. The largest absolute Gasteiger partial charge is 0.315 e. The van der Waals surface area contributed by atoms with E-state index in [0.29, 0.717) is 0 Å². The molecule has 4 N–H and O–H groups in total. The Balaban J connectivity index is 2.55. The van der Waals surface area contributed by atoms with E-state index in [1.807, 2.05) is 0 Å². The second kappa shape index (κ2) is 3.49. The van der Waals surface area contributed by atoms with Gasteiger partial charge in [-0.05, 0) is 13.1 Å². The molecule has 0 aromatic heterocycles. The van der Waals surface area contributed by atoms with Gasteiger partial charge in [0.2, 0.25) is 0 Å². The topological polar surface area (TPSA) is 58.5 Å². The fourth-order valence-corrected chi connectivity index (χ4v) is 1.60. The molecule has 11 heavy (non-hydrogen) atoms. The minimum Gasteiger partial charge on any atom is -0.315 e. The predicted molar refractivity (Wildman–Crippen MR) is 45.6 cm³/mol. The maximum Gasteiger partial charge on any atom is 0.115 e. The van der Waals surface area contributed by atoms with Gasteiger partial charge in [0.15, 0.2) is 0 Å². The first-order valence-corrected chi connectivity index (χ1v) is 4.21. The van der Waals surface area contributed by atoms with Crippen LogP contribution in [0.4, 0.5) is 0 Å². The molecule has 66 valence electrons. The highest BCUT2D eigenvalue weighted by Gasteiger charge is 2.32. The Morgan fingerprint density at radius 3 is 2.18 bits per heavy atom. The first-order chi connectivity index (χ1) is 5.20. The fraction of sp³-hybridized carbons (Fsp3) is 1.00. The van der Waals surface area contributed by atoms with E-state index in [4.69, 9.17) is 11.5 Å². The van der Waals surface area contributed by atoms with Crippen LogP contribution in [0.15, 0.2) is 0 Å².